The molecule has 0 unspecified atom stereocenters. The maximum Gasteiger partial charge on any atom is 0.195 e. The third-order valence-electron chi connectivity index (χ3n) is 10.8. The quantitative estimate of drug-likeness (QED) is 0.133. The zero-order valence-electron chi connectivity index (χ0n) is 27.5. The van der Waals surface area contributed by atoms with Crippen molar-refractivity contribution >= 4 is 96.1 Å². The molecule has 0 saturated heterocycles. The fourth-order valence-electron chi connectivity index (χ4n) is 8.39. The molecule has 11 aromatic rings. The van der Waals surface area contributed by atoms with E-state index >= 15 is 0 Å². The highest BCUT2D eigenvalue weighted by Gasteiger charge is 2.14. The van der Waals surface area contributed by atoms with E-state index in [1.165, 1.54) is 64.6 Å². The molecule has 0 aliphatic heterocycles. The van der Waals surface area contributed by atoms with E-state index in [-0.39, 0.29) is 5.43 Å². The second-order valence-electron chi connectivity index (χ2n) is 13.6. The van der Waals surface area contributed by atoms with Crippen LogP contribution in [0.1, 0.15) is 0 Å². The van der Waals surface area contributed by atoms with Gasteiger partial charge in [-0.1, -0.05) is 133 Å². The van der Waals surface area contributed by atoms with Crippen molar-refractivity contribution in [3.05, 3.63) is 180 Å². The van der Waals surface area contributed by atoms with Gasteiger partial charge >= 0.3 is 0 Å². The third-order valence-corrected chi connectivity index (χ3v) is 12.0. The highest BCUT2D eigenvalue weighted by molar-refractivity contribution is 7.24. The summed E-state index contributed by atoms with van der Waals surface area (Å²) in [6, 6.07) is 60.9. The Bertz CT molecular complexity index is 3040. The fraction of sp³-hybridized carbons (Fsp3) is 0. The van der Waals surface area contributed by atoms with E-state index in [4.69, 9.17) is 0 Å². The van der Waals surface area contributed by atoms with Crippen molar-refractivity contribution in [3.8, 4) is 22.3 Å². The molecule has 0 amide bonds. The molecule has 0 atom stereocenters. The molecule has 0 saturated carbocycles. The zero-order chi connectivity index (χ0) is 33.6. The largest absolute Gasteiger partial charge is 0.289 e. The van der Waals surface area contributed by atoms with Crippen LogP contribution in [0.5, 0.6) is 0 Å². The van der Waals surface area contributed by atoms with Crippen LogP contribution in [0.4, 0.5) is 0 Å². The minimum absolute atomic E-state index is 0.0805. The van der Waals surface area contributed by atoms with E-state index in [9.17, 15) is 4.79 Å². The monoisotopic (exact) mass is 664 g/mol. The van der Waals surface area contributed by atoms with Crippen LogP contribution >= 0.6 is 11.3 Å². The van der Waals surface area contributed by atoms with E-state index in [0.29, 0.717) is 0 Å². The Kier molecular flexibility index (Phi) is 6.05. The maximum atomic E-state index is 14.3. The number of hydrogen-bond donors (Lipinski definition) is 0. The summed E-state index contributed by atoms with van der Waals surface area (Å²) in [6.07, 6.45) is 0. The van der Waals surface area contributed by atoms with Crippen LogP contribution < -0.4 is 5.43 Å². The van der Waals surface area contributed by atoms with Gasteiger partial charge in [-0.3, -0.25) is 4.79 Å². The Balaban J connectivity index is 1.07. The van der Waals surface area contributed by atoms with Gasteiger partial charge in [0.05, 0.1) is 0 Å². The number of hydrogen-bond acceptors (Lipinski definition) is 2. The molecular weight excluding hydrogens is 637 g/mol. The summed E-state index contributed by atoms with van der Waals surface area (Å²) < 4.78 is 2.01. The van der Waals surface area contributed by atoms with Crippen molar-refractivity contribution in [2.45, 2.75) is 0 Å². The van der Waals surface area contributed by atoms with Crippen molar-refractivity contribution in [1.82, 2.24) is 0 Å². The molecule has 0 aliphatic rings. The molecule has 0 N–H and O–H groups in total. The molecule has 51 heavy (non-hydrogen) atoms. The lowest BCUT2D eigenvalue weighted by Gasteiger charge is -2.13. The van der Waals surface area contributed by atoms with Crippen LogP contribution in [0.2, 0.25) is 0 Å². The predicted octanol–water partition coefficient (Wildman–Crippen LogP) is 13.7. The first kappa shape index (κ1) is 28.5. The Hall–Kier alpha value is -6.35. The number of rotatable bonds is 2. The summed E-state index contributed by atoms with van der Waals surface area (Å²) in [7, 11) is 0. The molecule has 11 rings (SSSR count). The van der Waals surface area contributed by atoms with Gasteiger partial charge in [-0.05, 0) is 123 Å². The molecular formula is C49H28OS. The summed E-state index contributed by atoms with van der Waals surface area (Å²) in [5.41, 5.74) is 4.40. The molecule has 10 aromatic carbocycles. The van der Waals surface area contributed by atoms with Crippen LogP contribution in [0.25, 0.3) is 107 Å². The minimum atomic E-state index is 0.0805. The first-order valence-corrected chi connectivity index (χ1v) is 18.2. The van der Waals surface area contributed by atoms with Crippen LogP contribution in [0, 0.1) is 0 Å². The molecule has 2 heteroatoms. The summed E-state index contributed by atoms with van der Waals surface area (Å²) in [5, 5.41) is 16.5. The van der Waals surface area contributed by atoms with Gasteiger partial charge in [-0.2, -0.15) is 0 Å². The van der Waals surface area contributed by atoms with Gasteiger partial charge in [0.25, 0.3) is 0 Å². The Labute approximate surface area is 297 Å². The third kappa shape index (κ3) is 4.24. The van der Waals surface area contributed by atoms with Crippen molar-refractivity contribution in [2.24, 2.45) is 0 Å². The zero-order valence-corrected chi connectivity index (χ0v) is 28.3. The molecule has 0 fully saturated rings. The van der Waals surface area contributed by atoms with Crippen LogP contribution in [-0.2, 0) is 0 Å². The lowest BCUT2D eigenvalue weighted by molar-refractivity contribution is 1.67. The van der Waals surface area contributed by atoms with Gasteiger partial charge in [0.2, 0.25) is 0 Å². The van der Waals surface area contributed by atoms with Gasteiger partial charge in [0.15, 0.2) is 5.43 Å². The Morgan fingerprint density at radius 3 is 0.843 bits per heavy atom. The first-order valence-electron chi connectivity index (χ1n) is 17.4. The second kappa shape index (κ2) is 10.8. The Morgan fingerprint density at radius 1 is 0.255 bits per heavy atom. The normalized spacial score (nSPS) is 12.0. The van der Waals surface area contributed by atoms with Crippen LogP contribution in [-0.4, -0.2) is 0 Å². The van der Waals surface area contributed by atoms with Gasteiger partial charge in [0, 0.05) is 20.2 Å². The number of benzene rings is 10. The van der Waals surface area contributed by atoms with Gasteiger partial charge < -0.3 is 0 Å². The molecule has 1 nitrogen and oxygen atoms in total. The van der Waals surface area contributed by atoms with Gasteiger partial charge in [0.1, 0.15) is 0 Å². The van der Waals surface area contributed by atoms with Crippen molar-refractivity contribution in [1.29, 1.82) is 0 Å². The number of fused-ring (bicyclic) bond motifs is 14. The molecule has 0 aliphatic carbocycles. The van der Waals surface area contributed by atoms with Gasteiger partial charge in [-0.25, -0.2) is 0 Å². The van der Waals surface area contributed by atoms with Crippen LogP contribution in [0.3, 0.4) is 0 Å². The van der Waals surface area contributed by atoms with E-state index < -0.39 is 0 Å². The van der Waals surface area contributed by atoms with Crippen LogP contribution in [0.15, 0.2) is 175 Å². The fourth-order valence-corrected chi connectivity index (χ4v) is 9.42. The standard InChI is InChI=1S/C49H28OS/c50-49-45-27-31(29-17-21-41-37-13-3-1-9-33(37)35-11-5-7-15-39(35)43(41)25-29)19-23-47(45)51-48-24-20-32(28-46(48)49)30-18-22-42-38-14-4-2-10-34(38)36-12-6-8-16-40(36)44(42)26-30/h1-28H. The Morgan fingerprint density at radius 2 is 0.510 bits per heavy atom. The average molecular weight is 665 g/mol. The van der Waals surface area contributed by atoms with Crippen molar-refractivity contribution < 1.29 is 0 Å². The second-order valence-corrected chi connectivity index (χ2v) is 14.6. The molecule has 0 spiro atoms. The van der Waals surface area contributed by atoms with E-state index in [1.54, 1.807) is 11.3 Å². The molecule has 1 aromatic heterocycles. The molecule has 1 heterocycles. The van der Waals surface area contributed by atoms with Gasteiger partial charge in [-0.15, -0.1) is 11.3 Å². The topological polar surface area (TPSA) is 17.1 Å². The highest BCUT2D eigenvalue weighted by Crippen LogP contribution is 2.40. The SMILES string of the molecule is O=c1c2cc(-c3ccc4c5ccccc5c5ccccc5c4c3)ccc2sc2ccc(-c3ccc4c5ccccc5c5ccccc5c4c3)cc12. The smallest absolute Gasteiger partial charge is 0.195 e. The lowest BCUT2D eigenvalue weighted by atomic mass is 9.91. The highest BCUT2D eigenvalue weighted by atomic mass is 32.1. The van der Waals surface area contributed by atoms with E-state index in [2.05, 4.69) is 170 Å². The summed E-state index contributed by atoms with van der Waals surface area (Å²) in [5.74, 6) is 0. The molecule has 0 bridgehead atoms. The average Bonchev–Trinajstić information content (AvgIpc) is 3.20. The van der Waals surface area contributed by atoms with E-state index in [1.807, 2.05) is 0 Å². The predicted molar refractivity (Wildman–Crippen MR) is 222 cm³/mol. The molecule has 236 valence electrons. The lowest BCUT2D eigenvalue weighted by Crippen LogP contribution is -2.01. The van der Waals surface area contributed by atoms with E-state index in [0.717, 1.165) is 42.4 Å². The maximum absolute atomic E-state index is 14.3. The molecule has 0 radical (unpaired) electrons. The summed E-state index contributed by atoms with van der Waals surface area (Å²) in [6.45, 7) is 0. The van der Waals surface area contributed by atoms with Crippen molar-refractivity contribution in [3.63, 3.8) is 0 Å². The summed E-state index contributed by atoms with van der Waals surface area (Å²) >= 11 is 1.68. The van der Waals surface area contributed by atoms with Crippen molar-refractivity contribution in [2.75, 3.05) is 0 Å². The minimum Gasteiger partial charge on any atom is -0.289 e. The first-order chi connectivity index (χ1) is 25.2. The summed E-state index contributed by atoms with van der Waals surface area (Å²) in [4.78, 5) is 14.3.